The van der Waals surface area contributed by atoms with Gasteiger partial charge in [-0.3, -0.25) is 9.98 Å². The highest BCUT2D eigenvalue weighted by molar-refractivity contribution is 7.88. The van der Waals surface area contributed by atoms with E-state index in [1.54, 1.807) is 13.2 Å². The summed E-state index contributed by atoms with van der Waals surface area (Å²) >= 11 is 0. The smallest absolute Gasteiger partial charge is 0.216 e. The normalized spacial score (nSPS) is 12.2. The lowest BCUT2D eigenvalue weighted by atomic mass is 10.1. The Bertz CT molecular complexity index is 867. The first kappa shape index (κ1) is 21.8. The minimum absolute atomic E-state index is 0.0469. The van der Waals surface area contributed by atoms with Crippen LogP contribution in [0.25, 0.3) is 0 Å². The number of aromatic nitrogens is 1. The molecule has 1 aromatic carbocycles. The highest BCUT2D eigenvalue weighted by Crippen LogP contribution is 2.12. The maximum atomic E-state index is 12.3. The molecule has 0 atom stereocenters. The van der Waals surface area contributed by atoms with Crippen molar-refractivity contribution < 1.29 is 8.42 Å². The Labute approximate surface area is 167 Å². The van der Waals surface area contributed by atoms with Gasteiger partial charge in [0.2, 0.25) is 10.0 Å². The maximum absolute atomic E-state index is 12.3. The lowest BCUT2D eigenvalue weighted by Crippen LogP contribution is -2.38. The van der Waals surface area contributed by atoms with E-state index in [0.29, 0.717) is 19.0 Å². The molecule has 2 rings (SSSR count). The van der Waals surface area contributed by atoms with E-state index in [2.05, 4.69) is 25.3 Å². The third-order valence-corrected chi connectivity index (χ3v) is 5.47. The van der Waals surface area contributed by atoms with Crippen molar-refractivity contribution in [1.29, 1.82) is 0 Å². The van der Waals surface area contributed by atoms with Gasteiger partial charge in [0.1, 0.15) is 0 Å². The van der Waals surface area contributed by atoms with Crippen LogP contribution < -0.4 is 15.4 Å². The number of aliphatic imine (C=N–C) groups is 1. The topological polar surface area (TPSA) is 95.5 Å². The van der Waals surface area contributed by atoms with Gasteiger partial charge < -0.3 is 10.6 Å². The SMILES string of the molecule is CN=C(NCCc1ccccn1)NCc1ccccc1CS(=O)(=O)NC(C)C. The first-order valence-corrected chi connectivity index (χ1v) is 11.0. The Morgan fingerprint density at radius 2 is 1.79 bits per heavy atom. The number of rotatable bonds is 9. The average Bonchev–Trinajstić information content (AvgIpc) is 2.65. The fraction of sp³-hybridized carbons (Fsp3) is 0.400. The van der Waals surface area contributed by atoms with Crippen molar-refractivity contribution in [3.63, 3.8) is 0 Å². The molecule has 0 saturated carbocycles. The van der Waals surface area contributed by atoms with Crippen LogP contribution in [0.1, 0.15) is 30.7 Å². The van der Waals surface area contributed by atoms with E-state index in [1.165, 1.54) is 0 Å². The molecule has 0 saturated heterocycles. The number of nitrogens with zero attached hydrogens (tertiary/aromatic N) is 2. The van der Waals surface area contributed by atoms with Crippen LogP contribution in [0.3, 0.4) is 0 Å². The third kappa shape index (κ3) is 7.66. The molecule has 0 spiro atoms. The number of benzene rings is 1. The largest absolute Gasteiger partial charge is 0.356 e. The monoisotopic (exact) mass is 403 g/mol. The maximum Gasteiger partial charge on any atom is 0.216 e. The molecule has 0 aliphatic rings. The Morgan fingerprint density at radius 1 is 1.07 bits per heavy atom. The highest BCUT2D eigenvalue weighted by atomic mass is 32.2. The van der Waals surface area contributed by atoms with Gasteiger partial charge in [0.15, 0.2) is 5.96 Å². The zero-order chi connectivity index (χ0) is 20.4. The average molecular weight is 404 g/mol. The molecule has 0 fully saturated rings. The number of hydrogen-bond donors (Lipinski definition) is 3. The number of guanidine groups is 1. The first-order chi connectivity index (χ1) is 13.4. The van der Waals surface area contributed by atoms with E-state index in [-0.39, 0.29) is 11.8 Å². The predicted molar refractivity (Wildman–Crippen MR) is 113 cm³/mol. The summed E-state index contributed by atoms with van der Waals surface area (Å²) in [4.78, 5) is 8.52. The molecule has 0 bridgehead atoms. The molecule has 3 N–H and O–H groups in total. The summed E-state index contributed by atoms with van der Waals surface area (Å²) in [5.41, 5.74) is 2.70. The van der Waals surface area contributed by atoms with Crippen molar-refractivity contribution in [2.24, 2.45) is 4.99 Å². The van der Waals surface area contributed by atoms with Crippen LogP contribution in [-0.2, 0) is 28.7 Å². The Balaban J connectivity index is 1.92. The minimum atomic E-state index is -3.38. The molecule has 0 radical (unpaired) electrons. The van der Waals surface area contributed by atoms with Gasteiger partial charge in [-0.15, -0.1) is 0 Å². The molecule has 28 heavy (non-hydrogen) atoms. The second-order valence-corrected chi connectivity index (χ2v) is 8.48. The molecular weight excluding hydrogens is 374 g/mol. The molecule has 1 heterocycles. The quantitative estimate of drug-likeness (QED) is 0.438. The zero-order valence-corrected chi connectivity index (χ0v) is 17.5. The van der Waals surface area contributed by atoms with Crippen LogP contribution in [0.2, 0.25) is 0 Å². The number of pyridine rings is 1. The van der Waals surface area contributed by atoms with E-state index >= 15 is 0 Å². The molecule has 2 aromatic rings. The number of hydrogen-bond acceptors (Lipinski definition) is 4. The summed E-state index contributed by atoms with van der Waals surface area (Å²) in [5.74, 6) is 0.614. The van der Waals surface area contributed by atoms with Gasteiger partial charge >= 0.3 is 0 Å². The van der Waals surface area contributed by atoms with E-state index in [1.807, 2.05) is 56.3 Å². The summed E-state index contributed by atoms with van der Waals surface area (Å²) < 4.78 is 27.1. The molecule has 0 amide bonds. The summed E-state index contributed by atoms with van der Waals surface area (Å²) in [7, 11) is -1.67. The van der Waals surface area contributed by atoms with Crippen LogP contribution in [0.15, 0.2) is 53.7 Å². The fourth-order valence-corrected chi connectivity index (χ4v) is 4.22. The summed E-state index contributed by atoms with van der Waals surface area (Å²) in [6.07, 6.45) is 2.57. The minimum Gasteiger partial charge on any atom is -0.356 e. The summed E-state index contributed by atoms with van der Waals surface area (Å²) in [6.45, 7) is 4.80. The van der Waals surface area contributed by atoms with Gasteiger partial charge in [-0.1, -0.05) is 30.3 Å². The van der Waals surface area contributed by atoms with Crippen LogP contribution in [0.4, 0.5) is 0 Å². The van der Waals surface area contributed by atoms with Crippen LogP contribution >= 0.6 is 0 Å². The number of nitrogens with one attached hydrogen (secondary N) is 3. The standard InChI is InChI=1S/C20H29N5O2S/c1-16(2)25-28(26,27)15-18-9-5-4-8-17(18)14-24-20(21-3)23-13-11-19-10-6-7-12-22-19/h4-10,12,16,25H,11,13-15H2,1-3H3,(H2,21,23,24). The Kier molecular flexibility index (Phi) is 8.41. The molecule has 0 unspecified atom stereocenters. The van der Waals surface area contributed by atoms with Crippen molar-refractivity contribution in [3.8, 4) is 0 Å². The van der Waals surface area contributed by atoms with Crippen molar-refractivity contribution in [2.45, 2.75) is 38.6 Å². The van der Waals surface area contributed by atoms with E-state index in [9.17, 15) is 8.42 Å². The van der Waals surface area contributed by atoms with Gasteiger partial charge in [0.25, 0.3) is 0 Å². The number of sulfonamides is 1. The predicted octanol–water partition coefficient (Wildman–Crippen LogP) is 1.82. The molecule has 0 aliphatic carbocycles. The lowest BCUT2D eigenvalue weighted by molar-refractivity contribution is 0.568. The zero-order valence-electron chi connectivity index (χ0n) is 16.6. The summed E-state index contributed by atoms with van der Waals surface area (Å²) in [5, 5.41) is 6.49. The van der Waals surface area contributed by atoms with E-state index in [0.717, 1.165) is 23.2 Å². The van der Waals surface area contributed by atoms with E-state index < -0.39 is 10.0 Å². The van der Waals surface area contributed by atoms with Crippen molar-refractivity contribution >= 4 is 16.0 Å². The molecule has 0 aliphatic heterocycles. The molecule has 8 heteroatoms. The van der Waals surface area contributed by atoms with Crippen LogP contribution in [0, 0.1) is 0 Å². The van der Waals surface area contributed by atoms with Crippen LogP contribution in [-0.4, -0.2) is 39.0 Å². The second-order valence-electron chi connectivity index (χ2n) is 6.72. The molecule has 1 aromatic heterocycles. The van der Waals surface area contributed by atoms with Gasteiger partial charge in [-0.25, -0.2) is 13.1 Å². The van der Waals surface area contributed by atoms with E-state index in [4.69, 9.17) is 0 Å². The van der Waals surface area contributed by atoms with Crippen molar-refractivity contribution in [3.05, 3.63) is 65.5 Å². The second kappa shape index (κ2) is 10.8. The molecular formula is C20H29N5O2S. The van der Waals surface area contributed by atoms with Crippen molar-refractivity contribution in [2.75, 3.05) is 13.6 Å². The highest BCUT2D eigenvalue weighted by Gasteiger charge is 2.15. The lowest BCUT2D eigenvalue weighted by Gasteiger charge is -2.15. The Morgan fingerprint density at radius 3 is 2.43 bits per heavy atom. The molecule has 152 valence electrons. The van der Waals surface area contributed by atoms with Gasteiger partial charge in [0, 0.05) is 44.5 Å². The van der Waals surface area contributed by atoms with Crippen molar-refractivity contribution in [1.82, 2.24) is 20.3 Å². The summed E-state index contributed by atoms with van der Waals surface area (Å²) in [6, 6.07) is 13.2. The van der Waals surface area contributed by atoms with Gasteiger partial charge in [-0.2, -0.15) is 0 Å². The Hall–Kier alpha value is -2.45. The van der Waals surface area contributed by atoms with Gasteiger partial charge in [-0.05, 0) is 37.1 Å². The molecule has 7 nitrogen and oxygen atoms in total. The van der Waals surface area contributed by atoms with Gasteiger partial charge in [0.05, 0.1) is 5.75 Å². The third-order valence-electron chi connectivity index (χ3n) is 3.95. The first-order valence-electron chi connectivity index (χ1n) is 9.31. The van der Waals surface area contributed by atoms with Crippen LogP contribution in [0.5, 0.6) is 0 Å². The fourth-order valence-electron chi connectivity index (χ4n) is 2.73.